The van der Waals surface area contributed by atoms with E-state index in [0.29, 0.717) is 0 Å². The number of benzene rings is 1. The van der Waals surface area contributed by atoms with Gasteiger partial charge in [0.25, 0.3) is 0 Å². The van der Waals surface area contributed by atoms with Crippen molar-refractivity contribution in [2.45, 2.75) is 18.9 Å². The van der Waals surface area contributed by atoms with Gasteiger partial charge in [0.15, 0.2) is 5.60 Å². The number of ether oxygens (including phenoxy) is 1. The second kappa shape index (κ2) is 3.29. The number of cyclic esters (lactones) is 1. The quantitative estimate of drug-likeness (QED) is 0.666. The van der Waals surface area contributed by atoms with Gasteiger partial charge in [-0.3, -0.25) is 0 Å². The van der Waals surface area contributed by atoms with Crippen molar-refractivity contribution < 1.29 is 9.53 Å². The number of esters is 1. The van der Waals surface area contributed by atoms with E-state index < -0.39 is 5.60 Å². The van der Waals surface area contributed by atoms with Crippen LogP contribution < -0.4 is 0 Å². The van der Waals surface area contributed by atoms with Crippen molar-refractivity contribution in [1.29, 1.82) is 0 Å². The minimum atomic E-state index is -0.529. The van der Waals surface area contributed by atoms with Gasteiger partial charge in [-0.15, -0.1) is 0 Å². The average molecular weight is 188 g/mol. The van der Waals surface area contributed by atoms with E-state index in [9.17, 15) is 4.79 Å². The van der Waals surface area contributed by atoms with E-state index in [-0.39, 0.29) is 5.97 Å². The van der Waals surface area contributed by atoms with Crippen molar-refractivity contribution in [3.8, 4) is 0 Å². The molecule has 0 spiro atoms. The molecule has 1 unspecified atom stereocenters. The van der Waals surface area contributed by atoms with Crippen LogP contribution in [-0.4, -0.2) is 5.97 Å². The molecule has 0 bridgehead atoms. The maximum absolute atomic E-state index is 11.1. The maximum Gasteiger partial charge on any atom is 0.331 e. The summed E-state index contributed by atoms with van der Waals surface area (Å²) in [6.45, 7) is 2.01. The highest BCUT2D eigenvalue weighted by Gasteiger charge is 2.35. The molecule has 1 aliphatic rings. The highest BCUT2D eigenvalue weighted by atomic mass is 16.6. The molecule has 0 aliphatic carbocycles. The number of hydrogen-bond donors (Lipinski definition) is 0. The average Bonchev–Trinajstić information content (AvgIpc) is 2.63. The Morgan fingerprint density at radius 1 is 1.29 bits per heavy atom. The van der Waals surface area contributed by atoms with E-state index in [2.05, 4.69) is 0 Å². The molecule has 2 rings (SSSR count). The highest BCUT2D eigenvalue weighted by molar-refractivity contribution is 5.85. The smallest absolute Gasteiger partial charge is 0.331 e. The zero-order chi connectivity index (χ0) is 10.0. The van der Waals surface area contributed by atoms with Crippen molar-refractivity contribution >= 4 is 5.97 Å². The predicted octanol–water partition coefficient (Wildman–Crippen LogP) is 2.40. The fraction of sp³-hybridized carbons (Fsp3) is 0.250. The Morgan fingerprint density at radius 2 is 2.00 bits per heavy atom. The fourth-order valence-electron chi connectivity index (χ4n) is 1.72. The third-order valence-electron chi connectivity index (χ3n) is 2.56. The lowest BCUT2D eigenvalue weighted by atomic mass is 9.91. The number of carbonyl (C=O) groups excluding carboxylic acids is 1. The first-order valence-corrected chi connectivity index (χ1v) is 4.74. The van der Waals surface area contributed by atoms with E-state index in [4.69, 9.17) is 4.74 Å². The Bertz CT molecular complexity index is 367. The molecular formula is C12H12O2. The summed E-state index contributed by atoms with van der Waals surface area (Å²) in [6.07, 6.45) is 4.10. The Balaban J connectivity index is 2.40. The minimum absolute atomic E-state index is 0.254. The summed E-state index contributed by atoms with van der Waals surface area (Å²) >= 11 is 0. The molecule has 0 amide bonds. The zero-order valence-corrected chi connectivity index (χ0v) is 8.07. The number of hydrogen-bond acceptors (Lipinski definition) is 2. The molecule has 1 aromatic carbocycles. The molecule has 0 saturated heterocycles. The number of rotatable bonds is 2. The third-order valence-corrected chi connectivity index (χ3v) is 2.56. The minimum Gasteiger partial charge on any atom is -0.447 e. The van der Waals surface area contributed by atoms with Crippen LogP contribution in [0.15, 0.2) is 42.5 Å². The van der Waals surface area contributed by atoms with Gasteiger partial charge >= 0.3 is 5.97 Å². The number of carbonyl (C=O) groups is 1. The predicted molar refractivity (Wildman–Crippen MR) is 53.6 cm³/mol. The summed E-state index contributed by atoms with van der Waals surface area (Å²) in [4.78, 5) is 11.1. The van der Waals surface area contributed by atoms with Crippen LogP contribution in [0, 0.1) is 0 Å². The highest BCUT2D eigenvalue weighted by Crippen LogP contribution is 2.34. The molecule has 0 fully saturated rings. The SMILES string of the molecule is CCC1(c2ccccc2)C=CC(=O)O1. The monoisotopic (exact) mass is 188 g/mol. The van der Waals surface area contributed by atoms with Crippen molar-refractivity contribution in [1.82, 2.24) is 0 Å². The van der Waals surface area contributed by atoms with Gasteiger partial charge in [-0.1, -0.05) is 37.3 Å². The van der Waals surface area contributed by atoms with Gasteiger partial charge in [0, 0.05) is 6.08 Å². The lowest BCUT2D eigenvalue weighted by Gasteiger charge is -2.25. The molecule has 0 saturated carbocycles. The lowest BCUT2D eigenvalue weighted by molar-refractivity contribution is -0.146. The molecule has 2 heteroatoms. The summed E-state index contributed by atoms with van der Waals surface area (Å²) in [5.74, 6) is -0.254. The van der Waals surface area contributed by atoms with E-state index in [0.717, 1.165) is 12.0 Å². The van der Waals surface area contributed by atoms with Gasteiger partial charge in [-0.2, -0.15) is 0 Å². The molecule has 0 aromatic heterocycles. The fourth-order valence-corrected chi connectivity index (χ4v) is 1.72. The van der Waals surface area contributed by atoms with Crippen LogP contribution in [0.1, 0.15) is 18.9 Å². The molecule has 72 valence electrons. The Labute approximate surface area is 83.2 Å². The molecule has 0 N–H and O–H groups in total. The Kier molecular flexibility index (Phi) is 2.12. The third kappa shape index (κ3) is 1.33. The Morgan fingerprint density at radius 3 is 2.50 bits per heavy atom. The van der Waals surface area contributed by atoms with E-state index in [1.54, 1.807) is 0 Å². The van der Waals surface area contributed by atoms with Crippen LogP contribution in [-0.2, 0) is 15.1 Å². The molecule has 1 atom stereocenters. The van der Waals surface area contributed by atoms with E-state index in [1.807, 2.05) is 43.3 Å². The second-order valence-corrected chi connectivity index (χ2v) is 3.36. The van der Waals surface area contributed by atoms with Gasteiger partial charge < -0.3 is 4.74 Å². The molecule has 1 aromatic rings. The van der Waals surface area contributed by atoms with Gasteiger partial charge in [-0.25, -0.2) is 4.79 Å². The van der Waals surface area contributed by atoms with Crippen molar-refractivity contribution in [3.63, 3.8) is 0 Å². The maximum atomic E-state index is 11.1. The zero-order valence-electron chi connectivity index (χ0n) is 8.07. The van der Waals surface area contributed by atoms with E-state index >= 15 is 0 Å². The normalized spacial score (nSPS) is 25.1. The molecule has 14 heavy (non-hydrogen) atoms. The summed E-state index contributed by atoms with van der Waals surface area (Å²) in [5, 5.41) is 0. The summed E-state index contributed by atoms with van der Waals surface area (Å²) < 4.78 is 5.33. The molecule has 2 nitrogen and oxygen atoms in total. The first-order valence-electron chi connectivity index (χ1n) is 4.74. The van der Waals surface area contributed by atoms with Gasteiger partial charge in [0.2, 0.25) is 0 Å². The molecule has 1 aliphatic heterocycles. The second-order valence-electron chi connectivity index (χ2n) is 3.36. The lowest BCUT2D eigenvalue weighted by Crippen LogP contribution is -2.24. The first kappa shape index (κ1) is 9.00. The van der Waals surface area contributed by atoms with Gasteiger partial charge in [0.05, 0.1) is 0 Å². The standard InChI is InChI=1S/C12H12O2/c1-2-12(9-8-11(13)14-12)10-6-4-3-5-7-10/h3-9H,2H2,1H3. The molecular weight excluding hydrogens is 176 g/mol. The summed E-state index contributed by atoms with van der Waals surface area (Å²) in [7, 11) is 0. The van der Waals surface area contributed by atoms with Gasteiger partial charge in [-0.05, 0) is 18.1 Å². The van der Waals surface area contributed by atoms with Crippen molar-refractivity contribution in [3.05, 3.63) is 48.0 Å². The van der Waals surface area contributed by atoms with Crippen LogP contribution in [0.4, 0.5) is 0 Å². The summed E-state index contributed by atoms with van der Waals surface area (Å²) in [6, 6.07) is 9.81. The van der Waals surface area contributed by atoms with E-state index in [1.165, 1.54) is 6.08 Å². The van der Waals surface area contributed by atoms with Crippen LogP contribution in [0.3, 0.4) is 0 Å². The van der Waals surface area contributed by atoms with Crippen molar-refractivity contribution in [2.24, 2.45) is 0 Å². The van der Waals surface area contributed by atoms with Crippen LogP contribution in [0.25, 0.3) is 0 Å². The van der Waals surface area contributed by atoms with Crippen LogP contribution in [0.5, 0.6) is 0 Å². The summed E-state index contributed by atoms with van der Waals surface area (Å²) in [5.41, 5.74) is 0.503. The first-order chi connectivity index (χ1) is 6.77. The topological polar surface area (TPSA) is 26.3 Å². The largest absolute Gasteiger partial charge is 0.447 e. The van der Waals surface area contributed by atoms with Crippen LogP contribution in [0.2, 0.25) is 0 Å². The van der Waals surface area contributed by atoms with Gasteiger partial charge in [0.1, 0.15) is 0 Å². The molecule has 0 radical (unpaired) electrons. The Hall–Kier alpha value is -1.57. The van der Waals surface area contributed by atoms with Crippen molar-refractivity contribution in [2.75, 3.05) is 0 Å². The van der Waals surface area contributed by atoms with Crippen LogP contribution >= 0.6 is 0 Å². The molecule has 1 heterocycles.